The number of aryl methyl sites for hydroxylation is 1. The number of H-pyrrole nitrogens is 1. The van der Waals surface area contributed by atoms with E-state index in [4.69, 9.17) is 5.73 Å². The minimum atomic E-state index is -4.35. The second kappa shape index (κ2) is 5.05. The van der Waals surface area contributed by atoms with Crippen molar-refractivity contribution in [3.05, 3.63) is 41.3 Å². The van der Waals surface area contributed by atoms with Crippen LogP contribution in [-0.2, 0) is 19.1 Å². The van der Waals surface area contributed by atoms with E-state index >= 15 is 0 Å². The van der Waals surface area contributed by atoms with Gasteiger partial charge in [0, 0.05) is 11.3 Å². The molecule has 0 saturated carbocycles. The van der Waals surface area contributed by atoms with Crippen molar-refractivity contribution in [2.24, 2.45) is 5.73 Å². The van der Waals surface area contributed by atoms with Gasteiger partial charge in [0.25, 0.3) is 0 Å². The molecule has 0 aliphatic carbocycles. The van der Waals surface area contributed by atoms with E-state index in [1.807, 2.05) is 6.92 Å². The molecular formula is C13H14F3N3. The van der Waals surface area contributed by atoms with Gasteiger partial charge in [0.15, 0.2) is 0 Å². The summed E-state index contributed by atoms with van der Waals surface area (Å²) in [5.41, 5.74) is 6.59. The summed E-state index contributed by atoms with van der Waals surface area (Å²) in [6, 6.07) is 5.15. The van der Waals surface area contributed by atoms with Crippen LogP contribution in [-0.4, -0.2) is 9.97 Å². The Bertz CT molecular complexity index is 573. The van der Waals surface area contributed by atoms with E-state index in [1.54, 1.807) is 6.07 Å². The van der Waals surface area contributed by atoms with Crippen LogP contribution in [0.3, 0.4) is 0 Å². The summed E-state index contributed by atoms with van der Waals surface area (Å²) in [7, 11) is 0. The van der Waals surface area contributed by atoms with Crippen LogP contribution in [0.15, 0.2) is 24.3 Å². The van der Waals surface area contributed by atoms with Crippen molar-refractivity contribution in [2.45, 2.75) is 26.1 Å². The Hall–Kier alpha value is -1.82. The number of alkyl halides is 3. The zero-order chi connectivity index (χ0) is 14.0. The molecule has 0 bridgehead atoms. The van der Waals surface area contributed by atoms with Crippen molar-refractivity contribution in [1.82, 2.24) is 9.97 Å². The van der Waals surface area contributed by atoms with E-state index in [1.165, 1.54) is 6.07 Å². The number of rotatable bonds is 3. The molecule has 0 unspecified atom stereocenters. The van der Waals surface area contributed by atoms with Crippen LogP contribution in [0.25, 0.3) is 11.3 Å². The van der Waals surface area contributed by atoms with Gasteiger partial charge in [-0.2, -0.15) is 13.2 Å². The summed E-state index contributed by atoms with van der Waals surface area (Å²) in [6.45, 7) is 2.14. The molecule has 0 aliphatic heterocycles. The lowest BCUT2D eigenvalue weighted by atomic mass is 10.1. The van der Waals surface area contributed by atoms with E-state index in [2.05, 4.69) is 9.97 Å². The van der Waals surface area contributed by atoms with Crippen LogP contribution in [0.1, 0.15) is 24.0 Å². The molecule has 102 valence electrons. The Kier molecular flexibility index (Phi) is 3.61. The van der Waals surface area contributed by atoms with Gasteiger partial charge < -0.3 is 10.7 Å². The van der Waals surface area contributed by atoms with Gasteiger partial charge in [0.1, 0.15) is 5.82 Å². The summed E-state index contributed by atoms with van der Waals surface area (Å²) in [4.78, 5) is 7.27. The molecule has 0 amide bonds. The molecule has 0 fully saturated rings. The van der Waals surface area contributed by atoms with Crippen LogP contribution in [0.2, 0.25) is 0 Å². The fourth-order valence-electron chi connectivity index (χ4n) is 1.90. The Morgan fingerprint density at radius 2 is 2.05 bits per heavy atom. The van der Waals surface area contributed by atoms with Crippen molar-refractivity contribution >= 4 is 0 Å². The molecule has 0 aliphatic rings. The zero-order valence-corrected chi connectivity index (χ0v) is 10.4. The van der Waals surface area contributed by atoms with Crippen LogP contribution in [0.5, 0.6) is 0 Å². The third kappa shape index (κ3) is 2.78. The zero-order valence-electron chi connectivity index (χ0n) is 10.4. The van der Waals surface area contributed by atoms with E-state index in [9.17, 15) is 13.2 Å². The topological polar surface area (TPSA) is 54.7 Å². The van der Waals surface area contributed by atoms with Crippen LogP contribution < -0.4 is 5.73 Å². The Morgan fingerprint density at radius 1 is 1.32 bits per heavy atom. The molecule has 0 radical (unpaired) electrons. The lowest BCUT2D eigenvalue weighted by Crippen LogP contribution is -2.04. The van der Waals surface area contributed by atoms with Crippen molar-refractivity contribution in [2.75, 3.05) is 0 Å². The average molecular weight is 269 g/mol. The number of nitrogens with zero attached hydrogens (tertiary/aromatic N) is 1. The normalized spacial score (nSPS) is 11.8. The quantitative estimate of drug-likeness (QED) is 0.899. The summed E-state index contributed by atoms with van der Waals surface area (Å²) >= 11 is 0. The molecule has 3 N–H and O–H groups in total. The fraction of sp³-hybridized carbons (Fsp3) is 0.308. The second-order valence-corrected chi connectivity index (χ2v) is 4.15. The van der Waals surface area contributed by atoms with Gasteiger partial charge in [0.2, 0.25) is 0 Å². The van der Waals surface area contributed by atoms with Gasteiger partial charge in [-0.05, 0) is 18.6 Å². The predicted octanol–water partition coefficient (Wildman–Crippen LogP) is 3.12. The highest BCUT2D eigenvalue weighted by Gasteiger charge is 2.30. The van der Waals surface area contributed by atoms with Gasteiger partial charge in [0.05, 0.1) is 17.8 Å². The summed E-state index contributed by atoms with van der Waals surface area (Å²) in [6.07, 6.45) is -3.70. The minimum Gasteiger partial charge on any atom is -0.344 e. The monoisotopic (exact) mass is 269 g/mol. The first-order valence-corrected chi connectivity index (χ1v) is 5.91. The molecule has 0 atom stereocenters. The number of imidazole rings is 1. The first-order valence-electron chi connectivity index (χ1n) is 5.91. The standard InChI is InChI=1S/C13H14F3N3/c1-2-10-12(19-11(7-17)18-10)8-4-3-5-9(6-8)13(14,15)16/h3-6H,2,7,17H2,1H3,(H,18,19). The molecule has 0 spiro atoms. The molecule has 1 heterocycles. The van der Waals surface area contributed by atoms with E-state index < -0.39 is 11.7 Å². The van der Waals surface area contributed by atoms with E-state index in [-0.39, 0.29) is 6.54 Å². The maximum Gasteiger partial charge on any atom is 0.416 e. The highest BCUT2D eigenvalue weighted by atomic mass is 19.4. The van der Waals surface area contributed by atoms with Crippen molar-refractivity contribution in [3.63, 3.8) is 0 Å². The molecule has 19 heavy (non-hydrogen) atoms. The van der Waals surface area contributed by atoms with Gasteiger partial charge in [-0.25, -0.2) is 4.98 Å². The second-order valence-electron chi connectivity index (χ2n) is 4.15. The maximum atomic E-state index is 12.7. The fourth-order valence-corrected chi connectivity index (χ4v) is 1.90. The number of benzene rings is 1. The maximum absolute atomic E-state index is 12.7. The lowest BCUT2D eigenvalue weighted by Gasteiger charge is -2.08. The number of halogens is 3. The Labute approximate surface area is 108 Å². The third-order valence-corrected chi connectivity index (χ3v) is 2.84. The molecule has 0 saturated heterocycles. The smallest absolute Gasteiger partial charge is 0.344 e. The number of hydrogen-bond acceptors (Lipinski definition) is 2. The van der Waals surface area contributed by atoms with Gasteiger partial charge >= 0.3 is 6.18 Å². The number of aromatic nitrogens is 2. The molecule has 2 rings (SSSR count). The molecular weight excluding hydrogens is 255 g/mol. The van der Waals surface area contributed by atoms with Crippen molar-refractivity contribution < 1.29 is 13.2 Å². The summed E-state index contributed by atoms with van der Waals surface area (Å²) in [5.74, 6) is 0.573. The Morgan fingerprint density at radius 3 is 2.63 bits per heavy atom. The highest BCUT2D eigenvalue weighted by molar-refractivity contribution is 5.63. The number of nitrogens with two attached hydrogens (primary N) is 1. The summed E-state index contributed by atoms with van der Waals surface area (Å²) < 4.78 is 38.1. The van der Waals surface area contributed by atoms with Crippen LogP contribution in [0.4, 0.5) is 13.2 Å². The first kappa shape index (κ1) is 13.6. The first-order chi connectivity index (χ1) is 8.95. The molecule has 6 heteroatoms. The third-order valence-electron chi connectivity index (χ3n) is 2.84. The average Bonchev–Trinajstić information content (AvgIpc) is 2.81. The highest BCUT2D eigenvalue weighted by Crippen LogP contribution is 2.32. The van der Waals surface area contributed by atoms with E-state index in [0.29, 0.717) is 23.5 Å². The Balaban J connectivity index is 2.50. The van der Waals surface area contributed by atoms with Crippen molar-refractivity contribution in [3.8, 4) is 11.3 Å². The lowest BCUT2D eigenvalue weighted by molar-refractivity contribution is -0.137. The van der Waals surface area contributed by atoms with Gasteiger partial charge in [-0.15, -0.1) is 0 Å². The number of hydrogen-bond donors (Lipinski definition) is 2. The number of nitrogens with one attached hydrogen (secondary N) is 1. The van der Waals surface area contributed by atoms with Gasteiger partial charge in [-0.3, -0.25) is 0 Å². The molecule has 1 aromatic heterocycles. The van der Waals surface area contributed by atoms with Crippen LogP contribution in [0, 0.1) is 0 Å². The van der Waals surface area contributed by atoms with E-state index in [0.717, 1.165) is 17.8 Å². The molecule has 2 aromatic rings. The largest absolute Gasteiger partial charge is 0.416 e. The minimum absolute atomic E-state index is 0.228. The van der Waals surface area contributed by atoms with Crippen molar-refractivity contribution in [1.29, 1.82) is 0 Å². The van der Waals surface area contributed by atoms with Gasteiger partial charge in [-0.1, -0.05) is 19.1 Å². The SMILES string of the molecule is CCc1[nH]c(CN)nc1-c1cccc(C(F)(F)F)c1. The molecule has 1 aromatic carbocycles. The summed E-state index contributed by atoms with van der Waals surface area (Å²) in [5, 5.41) is 0. The molecule has 3 nitrogen and oxygen atoms in total. The number of aromatic amines is 1. The van der Waals surface area contributed by atoms with Crippen LogP contribution >= 0.6 is 0 Å². The predicted molar refractivity (Wildman–Crippen MR) is 66.3 cm³/mol.